The number of amides is 1. The highest BCUT2D eigenvalue weighted by atomic mass is 16.2. The highest BCUT2D eigenvalue weighted by Gasteiger charge is 2.22. The Kier molecular flexibility index (Phi) is 4.31. The Balaban J connectivity index is 1.84. The van der Waals surface area contributed by atoms with Crippen LogP contribution >= 0.6 is 0 Å². The Morgan fingerprint density at radius 3 is 2.72 bits per heavy atom. The zero-order chi connectivity index (χ0) is 13.0. The minimum atomic E-state index is 0.278. The van der Waals surface area contributed by atoms with Crippen LogP contribution in [0.15, 0.2) is 24.5 Å². The van der Waals surface area contributed by atoms with Crippen LogP contribution in [-0.4, -0.2) is 34.9 Å². The van der Waals surface area contributed by atoms with E-state index in [4.69, 9.17) is 0 Å². The van der Waals surface area contributed by atoms with Gasteiger partial charge in [-0.1, -0.05) is 0 Å². The van der Waals surface area contributed by atoms with Gasteiger partial charge in [0.2, 0.25) is 5.91 Å². The fourth-order valence-electron chi connectivity index (χ4n) is 2.46. The molecule has 4 nitrogen and oxygen atoms in total. The van der Waals surface area contributed by atoms with Crippen molar-refractivity contribution in [3.63, 3.8) is 0 Å². The van der Waals surface area contributed by atoms with E-state index < -0.39 is 0 Å². The van der Waals surface area contributed by atoms with Crippen molar-refractivity contribution in [1.82, 2.24) is 15.2 Å². The van der Waals surface area contributed by atoms with Gasteiger partial charge in [-0.05, 0) is 38.0 Å². The number of pyridine rings is 1. The van der Waals surface area contributed by atoms with Crippen molar-refractivity contribution >= 4 is 5.91 Å². The van der Waals surface area contributed by atoms with E-state index in [1.165, 1.54) is 5.56 Å². The first-order chi connectivity index (χ1) is 8.66. The fraction of sp³-hybridized carbons (Fsp3) is 0.571. The molecule has 1 N–H and O–H groups in total. The van der Waals surface area contributed by atoms with Crippen molar-refractivity contribution in [1.29, 1.82) is 0 Å². The van der Waals surface area contributed by atoms with Gasteiger partial charge in [0.1, 0.15) is 0 Å². The molecular weight excluding hydrogens is 226 g/mol. The topological polar surface area (TPSA) is 45.2 Å². The summed E-state index contributed by atoms with van der Waals surface area (Å²) in [4.78, 5) is 17.5. The summed E-state index contributed by atoms with van der Waals surface area (Å²) in [7, 11) is 0. The third kappa shape index (κ3) is 3.29. The summed E-state index contributed by atoms with van der Waals surface area (Å²) in [6, 6.07) is 4.62. The van der Waals surface area contributed by atoms with E-state index >= 15 is 0 Å². The molecule has 1 aromatic heterocycles. The number of carbonyl (C=O) groups is 1. The normalized spacial score (nSPS) is 19.0. The Labute approximate surface area is 108 Å². The van der Waals surface area contributed by atoms with Crippen molar-refractivity contribution in [3.05, 3.63) is 30.1 Å². The third-order valence-electron chi connectivity index (χ3n) is 3.41. The maximum atomic E-state index is 11.6. The molecule has 0 aromatic carbocycles. The lowest BCUT2D eigenvalue weighted by atomic mass is 10.1. The molecule has 4 heteroatoms. The van der Waals surface area contributed by atoms with Crippen LogP contribution in [0.5, 0.6) is 0 Å². The molecule has 0 saturated carbocycles. The second kappa shape index (κ2) is 5.96. The Hall–Kier alpha value is -1.42. The lowest BCUT2D eigenvalue weighted by Gasteiger charge is -2.25. The summed E-state index contributed by atoms with van der Waals surface area (Å²) >= 11 is 0. The number of nitrogens with zero attached hydrogens (tertiary/aromatic N) is 2. The third-order valence-corrected chi connectivity index (χ3v) is 3.41. The zero-order valence-electron chi connectivity index (χ0n) is 11.1. The lowest BCUT2D eigenvalue weighted by Crippen LogP contribution is -2.40. The average Bonchev–Trinajstić information content (AvgIpc) is 2.76. The Morgan fingerprint density at radius 2 is 2.11 bits per heavy atom. The molecule has 1 fully saturated rings. The minimum Gasteiger partial charge on any atom is -0.341 e. The van der Waals surface area contributed by atoms with E-state index in [2.05, 4.69) is 24.1 Å². The highest BCUT2D eigenvalue weighted by molar-refractivity contribution is 5.78. The summed E-state index contributed by atoms with van der Waals surface area (Å²) in [6.45, 7) is 5.98. The van der Waals surface area contributed by atoms with Gasteiger partial charge in [0.05, 0.1) is 0 Å². The van der Waals surface area contributed by atoms with E-state index in [1.807, 2.05) is 29.4 Å². The summed E-state index contributed by atoms with van der Waals surface area (Å²) in [5.41, 5.74) is 1.23. The molecule has 0 bridgehead atoms. The Morgan fingerprint density at radius 1 is 1.39 bits per heavy atom. The molecule has 18 heavy (non-hydrogen) atoms. The maximum absolute atomic E-state index is 11.6. The predicted octanol–water partition coefficient (Wildman–Crippen LogP) is 1.74. The summed E-state index contributed by atoms with van der Waals surface area (Å²) in [6.07, 6.45) is 5.34. The maximum Gasteiger partial charge on any atom is 0.222 e. The smallest absolute Gasteiger partial charge is 0.222 e. The van der Waals surface area contributed by atoms with Gasteiger partial charge in [-0.2, -0.15) is 0 Å². The van der Waals surface area contributed by atoms with Gasteiger partial charge >= 0.3 is 0 Å². The van der Waals surface area contributed by atoms with Crippen LogP contribution in [0.3, 0.4) is 0 Å². The molecule has 1 aromatic rings. The van der Waals surface area contributed by atoms with Crippen molar-refractivity contribution < 1.29 is 4.79 Å². The second-order valence-electron chi connectivity index (χ2n) is 5.01. The van der Waals surface area contributed by atoms with Crippen LogP contribution in [0, 0.1) is 0 Å². The minimum absolute atomic E-state index is 0.278. The largest absolute Gasteiger partial charge is 0.341 e. The van der Waals surface area contributed by atoms with Gasteiger partial charge in [-0.15, -0.1) is 0 Å². The molecular formula is C14H21N3O. The number of carbonyl (C=O) groups excluding carboxylic acids is 1. The molecule has 0 aliphatic carbocycles. The Bertz CT molecular complexity index is 393. The summed E-state index contributed by atoms with van der Waals surface area (Å²) in [5, 5.41) is 3.52. The number of likely N-dealkylation sites (tertiary alicyclic amines) is 1. The van der Waals surface area contributed by atoms with Gasteiger partial charge in [0.25, 0.3) is 0 Å². The van der Waals surface area contributed by atoms with Gasteiger partial charge in [-0.25, -0.2) is 0 Å². The van der Waals surface area contributed by atoms with Crippen LogP contribution in [0.2, 0.25) is 0 Å². The number of nitrogens with one attached hydrogen (secondary N) is 1. The zero-order valence-corrected chi connectivity index (χ0v) is 11.1. The molecule has 1 aliphatic heterocycles. The number of hydrogen-bond acceptors (Lipinski definition) is 3. The van der Waals surface area contributed by atoms with Gasteiger partial charge in [0.15, 0.2) is 0 Å². The van der Waals surface area contributed by atoms with Gasteiger partial charge in [-0.3, -0.25) is 9.78 Å². The summed E-state index contributed by atoms with van der Waals surface area (Å²) in [5.74, 6) is 0.292. The van der Waals surface area contributed by atoms with Gasteiger partial charge < -0.3 is 10.2 Å². The van der Waals surface area contributed by atoms with Crippen molar-refractivity contribution in [2.45, 2.75) is 38.8 Å². The van der Waals surface area contributed by atoms with Gasteiger partial charge in [0, 0.05) is 44.0 Å². The fourth-order valence-corrected chi connectivity index (χ4v) is 2.46. The predicted molar refractivity (Wildman–Crippen MR) is 71.1 cm³/mol. The van der Waals surface area contributed by atoms with E-state index in [-0.39, 0.29) is 6.04 Å². The van der Waals surface area contributed by atoms with Crippen LogP contribution in [0.25, 0.3) is 0 Å². The number of rotatable bonds is 5. The van der Waals surface area contributed by atoms with Crippen molar-refractivity contribution in [2.24, 2.45) is 0 Å². The van der Waals surface area contributed by atoms with Crippen LogP contribution in [0.1, 0.15) is 38.3 Å². The van der Waals surface area contributed by atoms with Crippen molar-refractivity contribution in [2.75, 3.05) is 13.1 Å². The monoisotopic (exact) mass is 247 g/mol. The molecule has 2 unspecified atom stereocenters. The quantitative estimate of drug-likeness (QED) is 0.862. The van der Waals surface area contributed by atoms with E-state index in [1.54, 1.807) is 0 Å². The SMILES string of the molecule is CC(CN1CCCC1=O)NC(C)c1ccncc1. The lowest BCUT2D eigenvalue weighted by molar-refractivity contribution is -0.127. The molecule has 1 aliphatic rings. The van der Waals surface area contributed by atoms with Crippen LogP contribution in [-0.2, 0) is 4.79 Å². The molecule has 2 atom stereocenters. The van der Waals surface area contributed by atoms with E-state index in [9.17, 15) is 4.79 Å². The second-order valence-corrected chi connectivity index (χ2v) is 5.01. The molecule has 2 heterocycles. The molecule has 1 saturated heterocycles. The molecule has 0 radical (unpaired) electrons. The molecule has 0 spiro atoms. The number of aromatic nitrogens is 1. The van der Waals surface area contributed by atoms with Crippen LogP contribution in [0.4, 0.5) is 0 Å². The number of hydrogen-bond donors (Lipinski definition) is 1. The van der Waals surface area contributed by atoms with Crippen LogP contribution < -0.4 is 5.32 Å². The molecule has 2 rings (SSSR count). The first-order valence-corrected chi connectivity index (χ1v) is 6.60. The molecule has 98 valence electrons. The summed E-state index contributed by atoms with van der Waals surface area (Å²) < 4.78 is 0. The standard InChI is InChI=1S/C14H21N3O/c1-11(10-17-9-3-4-14(17)18)16-12(2)13-5-7-15-8-6-13/h5-8,11-12,16H,3-4,9-10H2,1-2H3. The van der Waals surface area contributed by atoms with Crippen molar-refractivity contribution in [3.8, 4) is 0 Å². The van der Waals surface area contributed by atoms with E-state index in [0.717, 1.165) is 19.5 Å². The molecule has 1 amide bonds. The first-order valence-electron chi connectivity index (χ1n) is 6.60. The first kappa shape index (κ1) is 13.0. The highest BCUT2D eigenvalue weighted by Crippen LogP contribution is 2.13. The average molecular weight is 247 g/mol. The van der Waals surface area contributed by atoms with E-state index in [0.29, 0.717) is 18.4 Å².